The number of aromatic nitrogens is 3. The molecule has 1 aromatic carbocycles. The Morgan fingerprint density at radius 3 is 2.77 bits per heavy atom. The number of amides is 1. The van der Waals surface area contributed by atoms with E-state index >= 15 is 0 Å². The third-order valence-corrected chi connectivity index (χ3v) is 7.65. The minimum absolute atomic E-state index is 0.0167. The minimum Gasteiger partial charge on any atom is -0.348 e. The van der Waals surface area contributed by atoms with E-state index in [0.29, 0.717) is 36.8 Å². The number of nitrogens with one attached hydrogen (secondary N) is 1. The average molecular weight is 442 g/mol. The molecule has 0 radical (unpaired) electrons. The van der Waals surface area contributed by atoms with Gasteiger partial charge in [0.05, 0.1) is 17.2 Å². The highest BCUT2D eigenvalue weighted by Crippen LogP contribution is 2.50. The van der Waals surface area contributed by atoms with Crippen molar-refractivity contribution in [3.8, 4) is 0 Å². The third-order valence-electron chi connectivity index (χ3n) is 6.43. The smallest absolute Gasteiger partial charge is 0.270 e. The van der Waals surface area contributed by atoms with E-state index in [2.05, 4.69) is 20.4 Å². The zero-order valence-electron chi connectivity index (χ0n) is 17.3. The highest BCUT2D eigenvalue weighted by atomic mass is 32.2. The zero-order chi connectivity index (χ0) is 21.8. The molecular weight excluding hydrogens is 418 g/mol. The summed E-state index contributed by atoms with van der Waals surface area (Å²) in [4.78, 5) is 21.8. The molecule has 1 aliphatic carbocycles. The molecule has 31 heavy (non-hydrogen) atoms. The molecular formula is C21H23N5O4S. The second-order valence-electron chi connectivity index (χ2n) is 8.55. The number of benzene rings is 1. The van der Waals surface area contributed by atoms with Crippen LogP contribution in [0.3, 0.4) is 0 Å². The number of sulfonamides is 1. The van der Waals surface area contributed by atoms with Gasteiger partial charge in [-0.15, -0.1) is 0 Å². The molecule has 1 amide bonds. The van der Waals surface area contributed by atoms with Gasteiger partial charge in [0.2, 0.25) is 15.9 Å². The van der Waals surface area contributed by atoms with Gasteiger partial charge in [-0.2, -0.15) is 4.98 Å². The highest BCUT2D eigenvalue weighted by molar-refractivity contribution is 7.88. The molecule has 0 unspecified atom stereocenters. The van der Waals surface area contributed by atoms with Crippen molar-refractivity contribution < 1.29 is 17.7 Å². The first-order valence-corrected chi connectivity index (χ1v) is 12.0. The first-order chi connectivity index (χ1) is 14.7. The second-order valence-corrected chi connectivity index (χ2v) is 10.5. The molecule has 5 rings (SSSR count). The molecule has 10 heteroatoms. The van der Waals surface area contributed by atoms with Crippen molar-refractivity contribution in [1.29, 1.82) is 0 Å². The van der Waals surface area contributed by atoms with Gasteiger partial charge in [-0.05, 0) is 37.8 Å². The van der Waals surface area contributed by atoms with Gasteiger partial charge >= 0.3 is 0 Å². The third kappa shape index (κ3) is 3.49. The summed E-state index contributed by atoms with van der Waals surface area (Å²) in [6.07, 6.45) is 2.38. The van der Waals surface area contributed by atoms with E-state index < -0.39 is 15.4 Å². The Labute approximate surface area is 179 Å². The molecule has 9 nitrogen and oxygen atoms in total. The molecule has 0 bridgehead atoms. The predicted molar refractivity (Wildman–Crippen MR) is 113 cm³/mol. The number of carbonyl (C=O) groups excluding carboxylic acids is 1. The van der Waals surface area contributed by atoms with Crippen molar-refractivity contribution in [1.82, 2.24) is 24.7 Å². The second kappa shape index (κ2) is 7.10. The largest absolute Gasteiger partial charge is 0.348 e. The van der Waals surface area contributed by atoms with Crippen LogP contribution in [0.4, 0.5) is 0 Å². The fraction of sp³-hybridized carbons (Fsp3) is 0.429. The van der Waals surface area contributed by atoms with Crippen LogP contribution in [0.15, 0.2) is 40.9 Å². The zero-order valence-corrected chi connectivity index (χ0v) is 18.1. The fourth-order valence-corrected chi connectivity index (χ4v) is 5.89. The number of fused-ring (bicyclic) bond motifs is 2. The van der Waals surface area contributed by atoms with Crippen LogP contribution in [-0.2, 0) is 15.4 Å². The van der Waals surface area contributed by atoms with E-state index in [1.807, 2.05) is 30.3 Å². The van der Waals surface area contributed by atoms with Gasteiger partial charge in [0.25, 0.3) is 5.91 Å². The van der Waals surface area contributed by atoms with E-state index in [-0.39, 0.29) is 24.4 Å². The van der Waals surface area contributed by atoms with Crippen LogP contribution >= 0.6 is 0 Å². The SMILES string of the molecule is Cc1noc([C@]23C[C@H](NC(=O)c4ccc5ccccc5n4)C[C@H]2CN(S(C)(=O)=O)C3)n1. The maximum Gasteiger partial charge on any atom is 0.270 e. The number of para-hydroxylation sites is 1. The van der Waals surface area contributed by atoms with Crippen LogP contribution in [0.2, 0.25) is 0 Å². The van der Waals surface area contributed by atoms with Crippen LogP contribution in [0.25, 0.3) is 10.9 Å². The molecule has 3 aromatic rings. The molecule has 1 aliphatic heterocycles. The molecule has 1 saturated heterocycles. The summed E-state index contributed by atoms with van der Waals surface area (Å²) >= 11 is 0. The number of carbonyl (C=O) groups is 1. The lowest BCUT2D eigenvalue weighted by Gasteiger charge is -2.24. The molecule has 2 aromatic heterocycles. The summed E-state index contributed by atoms with van der Waals surface area (Å²) in [5, 5.41) is 7.97. The highest BCUT2D eigenvalue weighted by Gasteiger charge is 2.59. The first kappa shape index (κ1) is 20.1. The Hall–Kier alpha value is -2.85. The molecule has 0 spiro atoms. The molecule has 1 N–H and O–H groups in total. The van der Waals surface area contributed by atoms with Gasteiger partial charge in [-0.3, -0.25) is 4.79 Å². The number of hydrogen-bond donors (Lipinski definition) is 1. The quantitative estimate of drug-likeness (QED) is 0.654. The van der Waals surface area contributed by atoms with Gasteiger partial charge in [0.15, 0.2) is 5.82 Å². The van der Waals surface area contributed by atoms with Gasteiger partial charge < -0.3 is 9.84 Å². The summed E-state index contributed by atoms with van der Waals surface area (Å²) in [6.45, 7) is 2.39. The Morgan fingerprint density at radius 2 is 2.03 bits per heavy atom. The monoisotopic (exact) mass is 441 g/mol. The summed E-state index contributed by atoms with van der Waals surface area (Å²) in [6, 6.07) is 11.1. The number of aryl methyl sites for hydroxylation is 1. The van der Waals surface area contributed by atoms with Crippen LogP contribution in [0.1, 0.15) is 35.0 Å². The van der Waals surface area contributed by atoms with Gasteiger partial charge in [-0.1, -0.05) is 29.4 Å². The molecule has 2 fully saturated rings. The lowest BCUT2D eigenvalue weighted by atomic mass is 9.80. The first-order valence-electron chi connectivity index (χ1n) is 10.2. The minimum atomic E-state index is -3.34. The van der Waals surface area contributed by atoms with Crippen molar-refractivity contribution in [3.05, 3.63) is 53.8 Å². The van der Waals surface area contributed by atoms with Crippen molar-refractivity contribution in [2.75, 3.05) is 19.3 Å². The topological polar surface area (TPSA) is 118 Å². The van der Waals surface area contributed by atoms with Crippen molar-refractivity contribution >= 4 is 26.8 Å². The molecule has 1 saturated carbocycles. The van der Waals surface area contributed by atoms with Crippen LogP contribution in [0.5, 0.6) is 0 Å². The molecule has 2 aliphatic rings. The normalized spacial score (nSPS) is 26.3. The lowest BCUT2D eigenvalue weighted by Crippen LogP contribution is -2.39. The van der Waals surface area contributed by atoms with Crippen LogP contribution in [0, 0.1) is 12.8 Å². The number of hydrogen-bond acceptors (Lipinski definition) is 7. The summed E-state index contributed by atoms with van der Waals surface area (Å²) < 4.78 is 31.3. The van der Waals surface area contributed by atoms with Gasteiger partial charge in [0.1, 0.15) is 5.69 Å². The summed E-state index contributed by atoms with van der Waals surface area (Å²) in [7, 11) is -3.34. The van der Waals surface area contributed by atoms with Crippen molar-refractivity contribution in [3.63, 3.8) is 0 Å². The van der Waals surface area contributed by atoms with E-state index in [0.717, 1.165) is 10.9 Å². The van der Waals surface area contributed by atoms with E-state index in [1.165, 1.54) is 10.6 Å². The lowest BCUT2D eigenvalue weighted by molar-refractivity contribution is 0.0930. The molecule has 162 valence electrons. The standard InChI is InChI=1S/C21H23N5O4S/c1-13-22-20(30-25-13)21-10-16(9-15(21)11-26(12-21)31(2,28)29)23-19(27)18-8-7-14-5-3-4-6-17(14)24-18/h3-8,15-16H,9-12H2,1-2H3,(H,23,27)/t15-,16+,21-/m0/s1. The molecule has 3 atom stereocenters. The number of rotatable bonds is 4. The predicted octanol–water partition coefficient (Wildman–Crippen LogP) is 1.65. The van der Waals surface area contributed by atoms with Crippen LogP contribution in [-0.4, -0.2) is 59.1 Å². The van der Waals surface area contributed by atoms with Gasteiger partial charge in [-0.25, -0.2) is 17.7 Å². The Morgan fingerprint density at radius 1 is 1.23 bits per heavy atom. The van der Waals surface area contributed by atoms with Crippen molar-refractivity contribution in [2.45, 2.75) is 31.2 Å². The number of nitrogens with zero attached hydrogens (tertiary/aromatic N) is 4. The maximum atomic E-state index is 12.9. The average Bonchev–Trinajstić information content (AvgIpc) is 3.40. The fourth-order valence-electron chi connectivity index (χ4n) is 4.97. The van der Waals surface area contributed by atoms with E-state index in [1.54, 1.807) is 13.0 Å². The Balaban J connectivity index is 1.39. The molecule has 3 heterocycles. The Kier molecular flexibility index (Phi) is 4.60. The van der Waals surface area contributed by atoms with Crippen molar-refractivity contribution in [2.24, 2.45) is 5.92 Å². The Bertz CT molecular complexity index is 1270. The summed E-state index contributed by atoms with van der Waals surface area (Å²) in [5.41, 5.74) is 0.523. The van der Waals surface area contributed by atoms with E-state index in [4.69, 9.17) is 4.52 Å². The number of pyridine rings is 1. The van der Waals surface area contributed by atoms with Crippen LogP contribution < -0.4 is 5.32 Å². The van der Waals surface area contributed by atoms with Gasteiger partial charge in [0, 0.05) is 24.5 Å². The van der Waals surface area contributed by atoms with E-state index in [9.17, 15) is 13.2 Å². The maximum absolute atomic E-state index is 12.9. The summed E-state index contributed by atoms with van der Waals surface area (Å²) in [5.74, 6) is 0.694.